The Bertz CT molecular complexity index is 569. The van der Waals surface area contributed by atoms with Gasteiger partial charge in [0.25, 0.3) is 0 Å². The molecule has 1 aromatic carbocycles. The van der Waals surface area contributed by atoms with Gasteiger partial charge in [-0.2, -0.15) is 0 Å². The van der Waals surface area contributed by atoms with Crippen molar-refractivity contribution in [2.75, 3.05) is 6.54 Å². The minimum absolute atomic E-state index is 0.196. The third kappa shape index (κ3) is 4.20. The maximum Gasteiger partial charge on any atom is 0.244 e. The zero-order valence-electron chi connectivity index (χ0n) is 11.4. The molecule has 0 radical (unpaired) electrons. The van der Waals surface area contributed by atoms with Crippen LogP contribution in [0.5, 0.6) is 0 Å². The fourth-order valence-electron chi connectivity index (χ4n) is 1.78. The number of hydrogen-bond acceptors (Lipinski definition) is 4. The number of oxazole rings is 1. The first kappa shape index (κ1) is 14.3. The highest BCUT2D eigenvalue weighted by molar-refractivity contribution is 5.91. The Morgan fingerprint density at radius 2 is 2.30 bits per heavy atom. The Balaban J connectivity index is 1.84. The Kier molecular flexibility index (Phi) is 4.90. The summed E-state index contributed by atoms with van der Waals surface area (Å²) in [6.45, 7) is 2.27. The van der Waals surface area contributed by atoms with Gasteiger partial charge in [0, 0.05) is 18.7 Å². The third-order valence-electron chi connectivity index (χ3n) is 2.79. The lowest BCUT2D eigenvalue weighted by Crippen LogP contribution is -2.22. The Morgan fingerprint density at radius 1 is 1.50 bits per heavy atom. The van der Waals surface area contributed by atoms with Crippen LogP contribution in [0, 0.1) is 0 Å². The molecule has 0 aliphatic heterocycles. The van der Waals surface area contributed by atoms with Crippen molar-refractivity contribution >= 4 is 23.1 Å². The zero-order chi connectivity index (χ0) is 14.4. The van der Waals surface area contributed by atoms with Gasteiger partial charge >= 0.3 is 0 Å². The SMILES string of the molecule is CC(O)CCCNC(=O)/C=C/c1nc2ccccc2o1. The number of carbonyl (C=O) groups excluding carboxylic acids is 1. The van der Waals surface area contributed by atoms with Crippen molar-refractivity contribution in [2.45, 2.75) is 25.9 Å². The normalized spacial score (nSPS) is 12.9. The Hall–Kier alpha value is -2.14. The first-order chi connectivity index (χ1) is 9.65. The fourth-order valence-corrected chi connectivity index (χ4v) is 1.78. The van der Waals surface area contributed by atoms with Gasteiger partial charge in [-0.25, -0.2) is 4.98 Å². The van der Waals surface area contributed by atoms with Gasteiger partial charge in [0.05, 0.1) is 6.10 Å². The van der Waals surface area contributed by atoms with Crippen molar-refractivity contribution < 1.29 is 14.3 Å². The molecule has 2 rings (SSSR count). The molecule has 0 fully saturated rings. The maximum atomic E-state index is 11.5. The summed E-state index contributed by atoms with van der Waals surface area (Å²) in [5.41, 5.74) is 1.47. The van der Waals surface area contributed by atoms with Crippen molar-refractivity contribution in [3.05, 3.63) is 36.2 Å². The lowest BCUT2D eigenvalue weighted by Gasteiger charge is -2.03. The van der Waals surface area contributed by atoms with Crippen molar-refractivity contribution in [3.63, 3.8) is 0 Å². The van der Waals surface area contributed by atoms with Crippen LogP contribution in [0.25, 0.3) is 17.2 Å². The molecule has 5 nitrogen and oxygen atoms in total. The molecule has 1 atom stereocenters. The predicted molar refractivity (Wildman–Crippen MR) is 77.0 cm³/mol. The molecule has 106 valence electrons. The van der Waals surface area contributed by atoms with Crippen molar-refractivity contribution in [1.82, 2.24) is 10.3 Å². The summed E-state index contributed by atoms with van der Waals surface area (Å²) < 4.78 is 5.46. The van der Waals surface area contributed by atoms with E-state index in [0.717, 1.165) is 11.9 Å². The van der Waals surface area contributed by atoms with E-state index in [0.29, 0.717) is 24.4 Å². The quantitative estimate of drug-likeness (QED) is 0.625. The summed E-state index contributed by atoms with van der Waals surface area (Å²) in [4.78, 5) is 15.8. The lowest BCUT2D eigenvalue weighted by atomic mass is 10.2. The number of nitrogens with zero attached hydrogens (tertiary/aromatic N) is 1. The van der Waals surface area contributed by atoms with Crippen LogP contribution in [-0.4, -0.2) is 28.6 Å². The number of nitrogens with one attached hydrogen (secondary N) is 1. The van der Waals surface area contributed by atoms with Gasteiger partial charge in [0.1, 0.15) is 5.52 Å². The molecule has 0 spiro atoms. The molecule has 0 saturated carbocycles. The standard InChI is InChI=1S/C15H18N2O3/c1-11(18)5-4-10-16-14(19)8-9-15-17-12-6-2-3-7-13(12)20-15/h2-3,6-9,11,18H,4-5,10H2,1H3,(H,16,19)/b9-8+. The van der Waals surface area contributed by atoms with Crippen molar-refractivity contribution in [1.29, 1.82) is 0 Å². The molecular weight excluding hydrogens is 256 g/mol. The van der Waals surface area contributed by atoms with Crippen LogP contribution in [0.3, 0.4) is 0 Å². The summed E-state index contributed by atoms with van der Waals surface area (Å²) >= 11 is 0. The molecule has 0 aliphatic rings. The van der Waals surface area contributed by atoms with Crippen LogP contribution >= 0.6 is 0 Å². The molecular formula is C15H18N2O3. The van der Waals surface area contributed by atoms with Crippen molar-refractivity contribution in [3.8, 4) is 0 Å². The highest BCUT2D eigenvalue weighted by Crippen LogP contribution is 2.15. The van der Waals surface area contributed by atoms with Crippen LogP contribution in [0.4, 0.5) is 0 Å². The van der Waals surface area contributed by atoms with Crippen LogP contribution in [0.1, 0.15) is 25.7 Å². The maximum absolute atomic E-state index is 11.5. The number of hydrogen-bond donors (Lipinski definition) is 2. The van der Waals surface area contributed by atoms with E-state index in [1.807, 2.05) is 24.3 Å². The Labute approximate surface area is 117 Å². The molecule has 5 heteroatoms. The number of aliphatic hydroxyl groups excluding tert-OH is 1. The van der Waals surface area contributed by atoms with E-state index in [-0.39, 0.29) is 12.0 Å². The number of rotatable bonds is 6. The highest BCUT2D eigenvalue weighted by atomic mass is 16.3. The molecule has 1 aromatic heterocycles. The number of fused-ring (bicyclic) bond motifs is 1. The second-order valence-corrected chi connectivity index (χ2v) is 4.64. The summed E-state index contributed by atoms with van der Waals surface area (Å²) in [5, 5.41) is 11.8. The van der Waals surface area contributed by atoms with E-state index >= 15 is 0 Å². The van der Waals surface area contributed by atoms with Crippen LogP contribution < -0.4 is 5.32 Å². The van der Waals surface area contributed by atoms with E-state index in [4.69, 9.17) is 9.52 Å². The van der Waals surface area contributed by atoms with Crippen LogP contribution in [0.2, 0.25) is 0 Å². The Morgan fingerprint density at radius 3 is 3.05 bits per heavy atom. The minimum Gasteiger partial charge on any atom is -0.437 e. The molecule has 2 N–H and O–H groups in total. The molecule has 1 unspecified atom stereocenters. The summed E-state index contributed by atoms with van der Waals surface area (Å²) in [5.74, 6) is 0.211. The summed E-state index contributed by atoms with van der Waals surface area (Å²) in [6.07, 6.45) is 4.04. The number of aromatic nitrogens is 1. The summed E-state index contributed by atoms with van der Waals surface area (Å²) in [6, 6.07) is 7.44. The number of para-hydroxylation sites is 2. The van der Waals surface area contributed by atoms with Gasteiger partial charge in [-0.05, 0) is 31.9 Å². The van der Waals surface area contributed by atoms with Crippen molar-refractivity contribution in [2.24, 2.45) is 0 Å². The van der Waals surface area contributed by atoms with Crippen LogP contribution in [0.15, 0.2) is 34.8 Å². The van der Waals surface area contributed by atoms with Crippen LogP contribution in [-0.2, 0) is 4.79 Å². The second-order valence-electron chi connectivity index (χ2n) is 4.64. The second kappa shape index (κ2) is 6.86. The molecule has 1 amide bonds. The van der Waals surface area contributed by atoms with Gasteiger partial charge in [0.15, 0.2) is 5.58 Å². The number of benzene rings is 1. The largest absolute Gasteiger partial charge is 0.437 e. The third-order valence-corrected chi connectivity index (χ3v) is 2.79. The molecule has 20 heavy (non-hydrogen) atoms. The molecule has 2 aromatic rings. The highest BCUT2D eigenvalue weighted by Gasteiger charge is 2.02. The molecule has 1 heterocycles. The average Bonchev–Trinajstić information content (AvgIpc) is 2.84. The van der Waals surface area contributed by atoms with E-state index in [1.165, 1.54) is 6.08 Å². The number of amides is 1. The van der Waals surface area contributed by atoms with Gasteiger partial charge in [-0.3, -0.25) is 4.79 Å². The van der Waals surface area contributed by atoms with Gasteiger partial charge < -0.3 is 14.8 Å². The molecule has 0 saturated heterocycles. The average molecular weight is 274 g/mol. The predicted octanol–water partition coefficient (Wildman–Crippen LogP) is 2.12. The van der Waals surface area contributed by atoms with E-state index in [2.05, 4.69) is 10.3 Å². The fraction of sp³-hybridized carbons (Fsp3) is 0.333. The van der Waals surface area contributed by atoms with Gasteiger partial charge in [-0.1, -0.05) is 12.1 Å². The molecule has 0 bridgehead atoms. The van der Waals surface area contributed by atoms with E-state index < -0.39 is 0 Å². The number of carbonyl (C=O) groups is 1. The molecule has 0 aliphatic carbocycles. The zero-order valence-corrected chi connectivity index (χ0v) is 11.4. The van der Waals surface area contributed by atoms with Gasteiger partial charge in [0.2, 0.25) is 11.8 Å². The number of aliphatic hydroxyl groups is 1. The van der Waals surface area contributed by atoms with Gasteiger partial charge in [-0.15, -0.1) is 0 Å². The summed E-state index contributed by atoms with van der Waals surface area (Å²) in [7, 11) is 0. The topological polar surface area (TPSA) is 75.4 Å². The van der Waals surface area contributed by atoms with E-state index in [1.54, 1.807) is 13.0 Å². The first-order valence-corrected chi connectivity index (χ1v) is 6.64. The van der Waals surface area contributed by atoms with E-state index in [9.17, 15) is 4.79 Å². The first-order valence-electron chi connectivity index (χ1n) is 6.64. The smallest absolute Gasteiger partial charge is 0.244 e. The lowest BCUT2D eigenvalue weighted by molar-refractivity contribution is -0.116. The minimum atomic E-state index is -0.331. The monoisotopic (exact) mass is 274 g/mol.